The van der Waals surface area contributed by atoms with Crippen LogP contribution in [0.15, 0.2) is 24.3 Å². The van der Waals surface area contributed by atoms with Gasteiger partial charge < -0.3 is 0 Å². The Bertz CT molecular complexity index is 399. The van der Waals surface area contributed by atoms with Crippen molar-refractivity contribution in [2.75, 3.05) is 11.5 Å². The predicted molar refractivity (Wildman–Crippen MR) is 113 cm³/mol. The SMILES string of the molecule is CCSCCCCCCCCCCCc1ccc(C(C)(C)C)cc1. The molecular weight excluding hydrogens is 308 g/mol. The molecule has 1 aromatic rings. The number of aryl methyl sites for hydroxylation is 1. The van der Waals surface area contributed by atoms with Crippen LogP contribution in [0.2, 0.25) is 0 Å². The molecule has 0 saturated heterocycles. The van der Waals surface area contributed by atoms with Gasteiger partial charge in [-0.3, -0.25) is 0 Å². The van der Waals surface area contributed by atoms with E-state index in [-0.39, 0.29) is 5.41 Å². The fourth-order valence-electron chi connectivity index (χ4n) is 3.09. The number of hydrogen-bond acceptors (Lipinski definition) is 1. The number of hydrogen-bond donors (Lipinski definition) is 0. The van der Waals surface area contributed by atoms with Crippen molar-refractivity contribution < 1.29 is 0 Å². The Morgan fingerprint density at radius 1 is 0.708 bits per heavy atom. The van der Waals surface area contributed by atoms with Crippen LogP contribution in [0, 0.1) is 0 Å². The Hall–Kier alpha value is -0.430. The number of benzene rings is 1. The van der Waals surface area contributed by atoms with Crippen molar-refractivity contribution in [3.63, 3.8) is 0 Å². The maximum absolute atomic E-state index is 2.33. The lowest BCUT2D eigenvalue weighted by Crippen LogP contribution is -2.10. The lowest BCUT2D eigenvalue weighted by molar-refractivity contribution is 0.565. The highest BCUT2D eigenvalue weighted by molar-refractivity contribution is 7.99. The maximum Gasteiger partial charge on any atom is -0.00676 e. The first-order valence-corrected chi connectivity index (χ1v) is 11.4. The van der Waals surface area contributed by atoms with Crippen LogP contribution in [0.3, 0.4) is 0 Å². The van der Waals surface area contributed by atoms with E-state index in [1.165, 1.54) is 86.8 Å². The van der Waals surface area contributed by atoms with Gasteiger partial charge in [-0.05, 0) is 47.3 Å². The van der Waals surface area contributed by atoms with Crippen molar-refractivity contribution in [1.82, 2.24) is 0 Å². The highest BCUT2D eigenvalue weighted by Crippen LogP contribution is 2.22. The summed E-state index contributed by atoms with van der Waals surface area (Å²) < 4.78 is 0. The quantitative estimate of drug-likeness (QED) is 0.328. The molecule has 138 valence electrons. The van der Waals surface area contributed by atoms with Gasteiger partial charge in [0.2, 0.25) is 0 Å². The molecule has 0 unspecified atom stereocenters. The second kappa shape index (κ2) is 12.9. The third-order valence-electron chi connectivity index (χ3n) is 4.78. The summed E-state index contributed by atoms with van der Waals surface area (Å²) in [6.07, 6.45) is 14.1. The molecule has 0 amide bonds. The molecule has 0 aliphatic rings. The van der Waals surface area contributed by atoms with Gasteiger partial charge >= 0.3 is 0 Å². The average Bonchev–Trinajstić information content (AvgIpc) is 2.55. The van der Waals surface area contributed by atoms with Gasteiger partial charge in [0.25, 0.3) is 0 Å². The molecule has 0 atom stereocenters. The van der Waals surface area contributed by atoms with Gasteiger partial charge in [0, 0.05) is 0 Å². The van der Waals surface area contributed by atoms with Crippen LogP contribution in [-0.2, 0) is 11.8 Å². The summed E-state index contributed by atoms with van der Waals surface area (Å²) in [6.45, 7) is 9.11. The Labute approximate surface area is 156 Å². The number of rotatable bonds is 13. The lowest BCUT2D eigenvalue weighted by Gasteiger charge is -2.19. The summed E-state index contributed by atoms with van der Waals surface area (Å²) >= 11 is 2.09. The van der Waals surface area contributed by atoms with E-state index in [0.29, 0.717) is 0 Å². The molecule has 0 aromatic heterocycles. The third kappa shape index (κ3) is 10.4. The summed E-state index contributed by atoms with van der Waals surface area (Å²) in [5.74, 6) is 2.65. The minimum absolute atomic E-state index is 0.271. The van der Waals surface area contributed by atoms with E-state index >= 15 is 0 Å². The molecule has 1 aromatic carbocycles. The number of thioether (sulfide) groups is 1. The second-order valence-corrected chi connectivity index (χ2v) is 9.47. The molecular formula is C23H40S. The molecule has 0 aliphatic heterocycles. The summed E-state index contributed by atoms with van der Waals surface area (Å²) in [4.78, 5) is 0. The van der Waals surface area contributed by atoms with Crippen LogP contribution < -0.4 is 0 Å². The van der Waals surface area contributed by atoms with Crippen molar-refractivity contribution >= 4 is 11.8 Å². The predicted octanol–water partition coefficient (Wildman–Crippen LogP) is 7.79. The fourth-order valence-corrected chi connectivity index (χ4v) is 3.78. The molecule has 1 heteroatoms. The average molecular weight is 349 g/mol. The number of unbranched alkanes of at least 4 members (excludes halogenated alkanes) is 8. The molecule has 24 heavy (non-hydrogen) atoms. The van der Waals surface area contributed by atoms with Crippen molar-refractivity contribution in [1.29, 1.82) is 0 Å². The van der Waals surface area contributed by atoms with Gasteiger partial charge in [0.1, 0.15) is 0 Å². The van der Waals surface area contributed by atoms with E-state index in [4.69, 9.17) is 0 Å². The molecule has 0 saturated carbocycles. The third-order valence-corrected chi connectivity index (χ3v) is 5.76. The Kier molecular flexibility index (Phi) is 11.6. The fraction of sp³-hybridized carbons (Fsp3) is 0.739. The summed E-state index contributed by atoms with van der Waals surface area (Å²) in [5.41, 5.74) is 3.22. The van der Waals surface area contributed by atoms with Crippen LogP contribution in [0.5, 0.6) is 0 Å². The highest BCUT2D eigenvalue weighted by Gasteiger charge is 2.12. The minimum Gasteiger partial charge on any atom is -0.162 e. The van der Waals surface area contributed by atoms with Gasteiger partial charge in [-0.15, -0.1) is 0 Å². The van der Waals surface area contributed by atoms with Gasteiger partial charge in [0.15, 0.2) is 0 Å². The molecule has 0 spiro atoms. The van der Waals surface area contributed by atoms with E-state index in [1.807, 2.05) is 0 Å². The first-order chi connectivity index (χ1) is 11.5. The van der Waals surface area contributed by atoms with E-state index in [2.05, 4.69) is 63.7 Å². The Balaban J connectivity index is 1.95. The van der Waals surface area contributed by atoms with E-state index < -0.39 is 0 Å². The zero-order chi connectivity index (χ0) is 17.7. The maximum atomic E-state index is 2.33. The molecule has 0 fully saturated rings. The van der Waals surface area contributed by atoms with Crippen molar-refractivity contribution in [2.24, 2.45) is 0 Å². The Morgan fingerprint density at radius 3 is 1.71 bits per heavy atom. The van der Waals surface area contributed by atoms with E-state index in [0.717, 1.165) is 0 Å². The van der Waals surface area contributed by atoms with E-state index in [1.54, 1.807) is 0 Å². The summed E-state index contributed by atoms with van der Waals surface area (Å²) in [5, 5.41) is 0. The highest BCUT2D eigenvalue weighted by atomic mass is 32.2. The van der Waals surface area contributed by atoms with Crippen LogP contribution in [0.4, 0.5) is 0 Å². The van der Waals surface area contributed by atoms with Gasteiger partial charge in [0.05, 0.1) is 0 Å². The molecule has 1 rings (SSSR count). The van der Waals surface area contributed by atoms with Crippen molar-refractivity contribution in [3.8, 4) is 0 Å². The van der Waals surface area contributed by atoms with Gasteiger partial charge in [-0.2, -0.15) is 11.8 Å². The normalized spacial score (nSPS) is 11.8. The lowest BCUT2D eigenvalue weighted by atomic mass is 9.86. The molecule has 0 aliphatic carbocycles. The van der Waals surface area contributed by atoms with Crippen LogP contribution >= 0.6 is 11.8 Å². The summed E-state index contributed by atoms with van der Waals surface area (Å²) in [7, 11) is 0. The minimum atomic E-state index is 0.271. The smallest absolute Gasteiger partial charge is 0.00676 e. The van der Waals surface area contributed by atoms with Crippen molar-refractivity contribution in [3.05, 3.63) is 35.4 Å². The first kappa shape index (κ1) is 21.6. The largest absolute Gasteiger partial charge is 0.162 e. The summed E-state index contributed by atoms with van der Waals surface area (Å²) in [6, 6.07) is 9.29. The van der Waals surface area contributed by atoms with Gasteiger partial charge in [-0.1, -0.05) is 96.9 Å². The zero-order valence-corrected chi connectivity index (χ0v) is 17.5. The van der Waals surface area contributed by atoms with Crippen molar-refractivity contribution in [2.45, 2.75) is 97.3 Å². The molecule has 0 bridgehead atoms. The van der Waals surface area contributed by atoms with Crippen LogP contribution in [-0.4, -0.2) is 11.5 Å². The van der Waals surface area contributed by atoms with Gasteiger partial charge in [-0.25, -0.2) is 0 Å². The molecule has 0 N–H and O–H groups in total. The zero-order valence-electron chi connectivity index (χ0n) is 16.7. The monoisotopic (exact) mass is 348 g/mol. The second-order valence-electron chi connectivity index (χ2n) is 8.08. The van der Waals surface area contributed by atoms with Crippen LogP contribution in [0.25, 0.3) is 0 Å². The molecule has 0 nitrogen and oxygen atoms in total. The molecule has 0 heterocycles. The Morgan fingerprint density at radius 2 is 1.21 bits per heavy atom. The first-order valence-electron chi connectivity index (χ1n) is 10.2. The standard InChI is InChI=1S/C23H40S/c1-5-24-20-14-12-10-8-6-7-9-11-13-15-21-16-18-22(19-17-21)23(2,3)4/h16-19H,5-15,20H2,1-4H3. The topological polar surface area (TPSA) is 0 Å². The van der Waals surface area contributed by atoms with E-state index in [9.17, 15) is 0 Å². The molecule has 0 radical (unpaired) electrons. The van der Waals surface area contributed by atoms with Crippen LogP contribution in [0.1, 0.15) is 96.6 Å².